The maximum absolute atomic E-state index is 11.8. The molecule has 1 amide bonds. The van der Waals surface area contributed by atoms with E-state index in [-0.39, 0.29) is 11.3 Å². The maximum atomic E-state index is 11.8. The quantitative estimate of drug-likeness (QED) is 0.828. The third-order valence-electron chi connectivity index (χ3n) is 5.26. The van der Waals surface area contributed by atoms with Gasteiger partial charge in [-0.15, -0.1) is 0 Å². The molecule has 1 spiro atoms. The first-order valence-corrected chi connectivity index (χ1v) is 9.85. The molecule has 0 aliphatic carbocycles. The summed E-state index contributed by atoms with van der Waals surface area (Å²) in [6.07, 6.45) is 4.31. The Hall–Kier alpha value is -1.61. The number of nitrogens with zero attached hydrogens (tertiary/aromatic N) is 4. The monoisotopic (exact) mass is 368 g/mol. The number of carboxylic acids is 1. The first kappa shape index (κ1) is 18.2. The summed E-state index contributed by atoms with van der Waals surface area (Å²) in [6, 6.07) is -0.686. The Kier molecular flexibility index (Phi) is 5.33. The zero-order chi connectivity index (χ0) is 18.0. The van der Waals surface area contributed by atoms with E-state index in [9.17, 15) is 14.7 Å². The minimum Gasteiger partial charge on any atom is -0.480 e. The molecule has 138 valence electrons. The molecule has 1 N–H and O–H groups in total. The summed E-state index contributed by atoms with van der Waals surface area (Å²) in [4.78, 5) is 31.4. The normalized spacial score (nSPS) is 23.3. The van der Waals surface area contributed by atoms with Gasteiger partial charge in [0.1, 0.15) is 6.04 Å². The van der Waals surface area contributed by atoms with E-state index in [2.05, 4.69) is 15.0 Å². The third-order valence-corrected chi connectivity index (χ3v) is 5.80. The van der Waals surface area contributed by atoms with Crippen LogP contribution < -0.4 is 0 Å². The fraction of sp³-hybridized carbons (Fsp3) is 0.750. The van der Waals surface area contributed by atoms with Crippen molar-refractivity contribution in [1.82, 2.24) is 19.9 Å². The van der Waals surface area contributed by atoms with Crippen LogP contribution in [0.5, 0.6) is 0 Å². The van der Waals surface area contributed by atoms with Crippen LogP contribution in [0.25, 0.3) is 0 Å². The van der Waals surface area contributed by atoms with Crippen molar-refractivity contribution in [2.24, 2.45) is 5.41 Å². The minimum atomic E-state index is -0.901. The fourth-order valence-corrected chi connectivity index (χ4v) is 4.26. The Bertz CT molecular complexity index is 618. The van der Waals surface area contributed by atoms with Gasteiger partial charge in [-0.1, -0.05) is 5.16 Å². The number of carbonyl (C=O) groups excluding carboxylic acids is 1. The zero-order valence-corrected chi connectivity index (χ0v) is 15.4. The van der Waals surface area contributed by atoms with Gasteiger partial charge in [-0.3, -0.25) is 9.69 Å². The van der Waals surface area contributed by atoms with Crippen LogP contribution in [0.3, 0.4) is 0 Å². The second kappa shape index (κ2) is 7.33. The summed E-state index contributed by atoms with van der Waals surface area (Å²) in [6.45, 7) is 4.31. The molecule has 1 aromatic rings. The number of amides is 1. The Morgan fingerprint density at radius 2 is 2.12 bits per heavy atom. The van der Waals surface area contributed by atoms with Crippen LogP contribution in [-0.2, 0) is 21.9 Å². The molecular weight excluding hydrogens is 344 g/mol. The molecule has 25 heavy (non-hydrogen) atoms. The van der Waals surface area contributed by atoms with Gasteiger partial charge in [-0.2, -0.15) is 16.7 Å². The van der Waals surface area contributed by atoms with Crippen molar-refractivity contribution in [2.75, 3.05) is 25.9 Å². The van der Waals surface area contributed by atoms with Gasteiger partial charge in [0.15, 0.2) is 5.82 Å². The third kappa shape index (κ3) is 3.98. The molecule has 0 bridgehead atoms. The van der Waals surface area contributed by atoms with Crippen molar-refractivity contribution in [2.45, 2.75) is 44.5 Å². The van der Waals surface area contributed by atoms with E-state index in [0.29, 0.717) is 31.2 Å². The second-order valence-electron chi connectivity index (χ2n) is 7.02. The lowest BCUT2D eigenvalue weighted by Crippen LogP contribution is -2.42. The van der Waals surface area contributed by atoms with Gasteiger partial charge in [0.05, 0.1) is 12.3 Å². The number of carbonyl (C=O) groups is 2. The lowest BCUT2D eigenvalue weighted by Gasteiger charge is -2.38. The summed E-state index contributed by atoms with van der Waals surface area (Å²) >= 11 is 1.65. The van der Waals surface area contributed by atoms with E-state index in [4.69, 9.17) is 4.52 Å². The number of carboxylic acid groups (broad SMARTS) is 1. The van der Waals surface area contributed by atoms with Crippen molar-refractivity contribution in [3.8, 4) is 0 Å². The number of aromatic nitrogens is 2. The van der Waals surface area contributed by atoms with E-state index in [0.717, 1.165) is 31.7 Å². The molecule has 9 heteroatoms. The first-order chi connectivity index (χ1) is 11.9. The van der Waals surface area contributed by atoms with Gasteiger partial charge in [0, 0.05) is 13.5 Å². The number of rotatable bonds is 5. The second-order valence-corrected chi connectivity index (χ2v) is 7.88. The van der Waals surface area contributed by atoms with Gasteiger partial charge < -0.3 is 14.5 Å². The van der Waals surface area contributed by atoms with E-state index in [1.807, 2.05) is 6.26 Å². The molecule has 8 nitrogen and oxygen atoms in total. The molecule has 2 fully saturated rings. The van der Waals surface area contributed by atoms with Crippen molar-refractivity contribution >= 4 is 23.6 Å². The molecule has 0 saturated carbocycles. The van der Waals surface area contributed by atoms with Gasteiger partial charge in [0.25, 0.3) is 0 Å². The van der Waals surface area contributed by atoms with Crippen LogP contribution in [-0.4, -0.2) is 68.9 Å². The van der Waals surface area contributed by atoms with Crippen LogP contribution in [0.4, 0.5) is 0 Å². The van der Waals surface area contributed by atoms with Crippen molar-refractivity contribution < 1.29 is 19.2 Å². The lowest BCUT2D eigenvalue weighted by atomic mass is 9.76. The summed E-state index contributed by atoms with van der Waals surface area (Å²) < 4.78 is 5.29. The molecule has 2 aliphatic heterocycles. The van der Waals surface area contributed by atoms with E-state index < -0.39 is 12.0 Å². The van der Waals surface area contributed by atoms with Gasteiger partial charge in [0.2, 0.25) is 11.8 Å². The fourth-order valence-electron chi connectivity index (χ4n) is 3.89. The summed E-state index contributed by atoms with van der Waals surface area (Å²) in [5.74, 6) is 1.03. The highest BCUT2D eigenvalue weighted by Crippen LogP contribution is 2.43. The SMILES string of the molecule is CSCc1noc(CN2CCC3(CC2)C[C@@H](C(=O)O)N(C(C)=O)C3)n1. The zero-order valence-electron chi connectivity index (χ0n) is 14.6. The highest BCUT2D eigenvalue weighted by atomic mass is 32.2. The largest absolute Gasteiger partial charge is 0.480 e. The molecule has 0 aromatic carbocycles. The molecule has 1 aromatic heterocycles. The van der Waals surface area contributed by atoms with Crippen LogP contribution in [0, 0.1) is 5.41 Å². The van der Waals surface area contributed by atoms with Crippen molar-refractivity contribution in [1.29, 1.82) is 0 Å². The Morgan fingerprint density at radius 3 is 2.68 bits per heavy atom. The van der Waals surface area contributed by atoms with E-state index in [1.54, 1.807) is 11.8 Å². The van der Waals surface area contributed by atoms with Gasteiger partial charge in [-0.25, -0.2) is 4.79 Å². The minimum absolute atomic E-state index is 0.0793. The first-order valence-electron chi connectivity index (χ1n) is 8.45. The van der Waals surface area contributed by atoms with Gasteiger partial charge in [-0.05, 0) is 44.0 Å². The average Bonchev–Trinajstić information content (AvgIpc) is 3.16. The molecular formula is C16H24N4O4S. The molecule has 2 aliphatic rings. The van der Waals surface area contributed by atoms with Crippen LogP contribution in [0.15, 0.2) is 4.52 Å². The number of aliphatic carboxylic acids is 1. The van der Waals surface area contributed by atoms with Crippen molar-refractivity contribution in [3.63, 3.8) is 0 Å². The Morgan fingerprint density at radius 1 is 1.40 bits per heavy atom. The Balaban J connectivity index is 1.57. The van der Waals surface area contributed by atoms with Crippen LogP contribution in [0.2, 0.25) is 0 Å². The molecule has 3 rings (SSSR count). The van der Waals surface area contributed by atoms with E-state index in [1.165, 1.54) is 11.8 Å². The molecule has 0 unspecified atom stereocenters. The summed E-state index contributed by atoms with van der Waals surface area (Å²) in [5, 5.41) is 13.4. The highest BCUT2D eigenvalue weighted by Gasteiger charge is 2.49. The molecule has 2 saturated heterocycles. The summed E-state index contributed by atoms with van der Waals surface area (Å²) in [7, 11) is 0. The predicted octanol–water partition coefficient (Wildman–Crippen LogP) is 1.22. The number of hydrogen-bond acceptors (Lipinski definition) is 7. The number of thioether (sulfide) groups is 1. The Labute approximate surface area is 150 Å². The van der Waals surface area contributed by atoms with Crippen LogP contribution >= 0.6 is 11.8 Å². The van der Waals surface area contributed by atoms with E-state index >= 15 is 0 Å². The maximum Gasteiger partial charge on any atom is 0.326 e. The standard InChI is InChI=1S/C16H24N4O4S/c1-11(21)20-10-16(7-12(20)15(22)23)3-5-19(6-4-16)8-14-17-13(9-25-2)18-24-14/h12H,3-10H2,1-2H3,(H,22,23)/t12-/m0/s1. The molecule has 3 heterocycles. The topological polar surface area (TPSA) is 99.8 Å². The summed E-state index contributed by atoms with van der Waals surface area (Å²) in [5.41, 5.74) is -0.0793. The number of hydrogen-bond donors (Lipinski definition) is 1. The van der Waals surface area contributed by atoms with Crippen LogP contribution in [0.1, 0.15) is 37.9 Å². The lowest BCUT2D eigenvalue weighted by molar-refractivity contribution is -0.147. The molecule has 1 atom stereocenters. The average molecular weight is 368 g/mol. The van der Waals surface area contributed by atoms with Gasteiger partial charge >= 0.3 is 5.97 Å². The predicted molar refractivity (Wildman–Crippen MR) is 91.9 cm³/mol. The number of likely N-dealkylation sites (tertiary alicyclic amines) is 2. The highest BCUT2D eigenvalue weighted by molar-refractivity contribution is 7.97. The molecule has 0 radical (unpaired) electrons. The smallest absolute Gasteiger partial charge is 0.326 e. The van der Waals surface area contributed by atoms with Crippen molar-refractivity contribution in [3.05, 3.63) is 11.7 Å². The number of piperidine rings is 1.